The van der Waals surface area contributed by atoms with Crippen molar-refractivity contribution < 1.29 is 4.79 Å². The van der Waals surface area contributed by atoms with Crippen LogP contribution in [0.3, 0.4) is 0 Å². The second-order valence-corrected chi connectivity index (χ2v) is 8.38. The molecule has 0 aromatic rings. The predicted molar refractivity (Wildman–Crippen MR) is 131 cm³/mol. The van der Waals surface area contributed by atoms with E-state index in [4.69, 9.17) is 9.98 Å². The Hall–Kier alpha value is -2.21. The average Bonchev–Trinajstić information content (AvgIpc) is 3.61. The molecule has 2 aliphatic carbocycles. The maximum absolute atomic E-state index is 10.6. The second-order valence-electron chi connectivity index (χ2n) is 8.38. The van der Waals surface area contributed by atoms with Gasteiger partial charge in [0.2, 0.25) is 6.41 Å². The fourth-order valence-corrected chi connectivity index (χ4v) is 3.82. The third kappa shape index (κ3) is 8.09. The topological polar surface area (TPSA) is 77.9 Å². The van der Waals surface area contributed by atoms with E-state index in [0.717, 1.165) is 49.1 Å². The zero-order valence-corrected chi connectivity index (χ0v) is 20.0. The van der Waals surface area contributed by atoms with Gasteiger partial charge in [-0.25, -0.2) is 0 Å². The van der Waals surface area contributed by atoms with Gasteiger partial charge in [-0.05, 0) is 75.3 Å². The van der Waals surface area contributed by atoms with Crippen molar-refractivity contribution in [3.05, 3.63) is 35.1 Å². The van der Waals surface area contributed by atoms with Crippen LogP contribution in [0.25, 0.3) is 0 Å². The van der Waals surface area contributed by atoms with E-state index in [-0.39, 0.29) is 12.2 Å². The summed E-state index contributed by atoms with van der Waals surface area (Å²) in [6, 6.07) is 0.210. The monoisotopic (exact) mass is 427 g/mol. The van der Waals surface area contributed by atoms with Gasteiger partial charge >= 0.3 is 0 Å². The van der Waals surface area contributed by atoms with E-state index in [1.807, 2.05) is 7.05 Å². The lowest BCUT2D eigenvalue weighted by atomic mass is 9.93. The average molecular weight is 428 g/mol. The Labute approximate surface area is 188 Å². The first-order chi connectivity index (χ1) is 15.1. The molecule has 0 saturated heterocycles. The zero-order chi connectivity index (χ0) is 22.6. The molecule has 0 heterocycles. The van der Waals surface area contributed by atoms with E-state index in [2.05, 4.69) is 61.9 Å². The van der Waals surface area contributed by atoms with Crippen molar-refractivity contribution in [1.29, 1.82) is 0 Å². The molecule has 0 aliphatic heterocycles. The summed E-state index contributed by atoms with van der Waals surface area (Å²) in [4.78, 5) is 20.7. The fourth-order valence-electron chi connectivity index (χ4n) is 3.82. The highest BCUT2D eigenvalue weighted by Crippen LogP contribution is 2.31. The third-order valence-electron chi connectivity index (χ3n) is 5.81. The summed E-state index contributed by atoms with van der Waals surface area (Å²) in [6.07, 6.45) is 14.9. The summed E-state index contributed by atoms with van der Waals surface area (Å²) in [5.74, 6) is 0.698. The van der Waals surface area contributed by atoms with Gasteiger partial charge in [0.1, 0.15) is 6.17 Å². The first kappa shape index (κ1) is 25.1. The SMILES string of the molecule is CC/C=C1/C=C(NCNC=O)C(CCC)=CC1=NC(CC)CC(N=C(C)C1CC1)NC. The summed E-state index contributed by atoms with van der Waals surface area (Å²) in [5.41, 5.74) is 5.79. The predicted octanol–water partition coefficient (Wildman–Crippen LogP) is 4.27. The van der Waals surface area contributed by atoms with Crippen LogP contribution in [0.15, 0.2) is 45.1 Å². The number of carbonyl (C=O) groups is 1. The number of hydrogen-bond donors (Lipinski definition) is 3. The van der Waals surface area contributed by atoms with Gasteiger partial charge in [-0.15, -0.1) is 0 Å². The molecule has 2 aliphatic rings. The normalized spacial score (nSPS) is 21.5. The minimum absolute atomic E-state index is 0.110. The van der Waals surface area contributed by atoms with Crippen LogP contribution in [0.1, 0.15) is 72.6 Å². The van der Waals surface area contributed by atoms with Gasteiger partial charge in [0.15, 0.2) is 0 Å². The molecule has 0 spiro atoms. The molecular formula is C25H41N5O. The molecule has 2 rings (SSSR count). The number of amides is 1. The van der Waals surface area contributed by atoms with Gasteiger partial charge in [-0.3, -0.25) is 20.1 Å². The summed E-state index contributed by atoms with van der Waals surface area (Å²) in [6.45, 7) is 9.12. The van der Waals surface area contributed by atoms with Crippen molar-refractivity contribution in [2.24, 2.45) is 15.9 Å². The molecular weight excluding hydrogens is 386 g/mol. The molecule has 31 heavy (non-hydrogen) atoms. The summed E-state index contributed by atoms with van der Waals surface area (Å²) in [5, 5.41) is 9.40. The minimum Gasteiger partial charge on any atom is -0.368 e. The summed E-state index contributed by atoms with van der Waals surface area (Å²) >= 11 is 0. The van der Waals surface area contributed by atoms with E-state index in [1.54, 1.807) is 0 Å². The van der Waals surface area contributed by atoms with E-state index in [9.17, 15) is 4.79 Å². The molecule has 1 fully saturated rings. The summed E-state index contributed by atoms with van der Waals surface area (Å²) < 4.78 is 0. The molecule has 0 bridgehead atoms. The number of hydrogen-bond acceptors (Lipinski definition) is 5. The quantitative estimate of drug-likeness (QED) is 0.168. The molecule has 0 aromatic heterocycles. The van der Waals surface area contributed by atoms with Crippen molar-refractivity contribution in [1.82, 2.24) is 16.0 Å². The smallest absolute Gasteiger partial charge is 0.208 e. The highest BCUT2D eigenvalue weighted by Gasteiger charge is 2.25. The largest absolute Gasteiger partial charge is 0.368 e. The Morgan fingerprint density at radius 1 is 1.26 bits per heavy atom. The molecule has 2 atom stereocenters. The third-order valence-corrected chi connectivity index (χ3v) is 5.81. The van der Waals surface area contributed by atoms with Crippen molar-refractivity contribution in [3.63, 3.8) is 0 Å². The Bertz CT molecular complexity index is 743. The number of nitrogens with one attached hydrogen (secondary N) is 3. The van der Waals surface area contributed by atoms with Gasteiger partial charge in [-0.2, -0.15) is 0 Å². The van der Waals surface area contributed by atoms with Crippen molar-refractivity contribution in [2.75, 3.05) is 13.7 Å². The first-order valence-corrected chi connectivity index (χ1v) is 11.9. The molecule has 1 saturated carbocycles. The van der Waals surface area contributed by atoms with Gasteiger partial charge in [0, 0.05) is 17.8 Å². The maximum atomic E-state index is 10.6. The van der Waals surface area contributed by atoms with E-state index in [1.165, 1.54) is 24.1 Å². The second kappa shape index (κ2) is 13.3. The van der Waals surface area contributed by atoms with Crippen molar-refractivity contribution >= 4 is 17.8 Å². The van der Waals surface area contributed by atoms with Gasteiger partial charge < -0.3 is 10.6 Å². The van der Waals surface area contributed by atoms with Crippen LogP contribution >= 0.6 is 0 Å². The standard InChI is InChI=1S/C25H41N5O/c1-6-9-20-14-24(21(10-7-2)13-23(20)28-16-27-17-31)30-22(8-3)15-25(26-5)29-18(4)19-11-12-19/h10,13-14,17,19,22,25-26,28H,6-9,11-12,15-16H2,1-5H3,(H,27,31)/b21-10-,29-18?,30-24?. The van der Waals surface area contributed by atoms with Crippen LogP contribution in [0.2, 0.25) is 0 Å². The highest BCUT2D eigenvalue weighted by molar-refractivity contribution is 6.12. The Kier molecular flexibility index (Phi) is 10.7. The van der Waals surface area contributed by atoms with Crippen LogP contribution in [-0.4, -0.2) is 43.8 Å². The van der Waals surface area contributed by atoms with Gasteiger partial charge in [0.05, 0.1) is 18.4 Å². The zero-order valence-electron chi connectivity index (χ0n) is 20.0. The van der Waals surface area contributed by atoms with Crippen molar-refractivity contribution in [3.8, 4) is 0 Å². The minimum atomic E-state index is 0.110. The Morgan fingerprint density at radius 3 is 2.61 bits per heavy atom. The number of nitrogens with zero attached hydrogens (tertiary/aromatic N) is 2. The molecule has 1 amide bonds. The number of aliphatic imine (C=N–C) groups is 2. The first-order valence-electron chi connectivity index (χ1n) is 11.9. The molecule has 2 unspecified atom stereocenters. The molecule has 6 heteroatoms. The Balaban J connectivity index is 2.24. The van der Waals surface area contributed by atoms with Crippen LogP contribution in [0, 0.1) is 5.92 Å². The molecule has 172 valence electrons. The Morgan fingerprint density at radius 2 is 2.03 bits per heavy atom. The summed E-state index contributed by atoms with van der Waals surface area (Å²) in [7, 11) is 1.99. The van der Waals surface area contributed by atoms with E-state index >= 15 is 0 Å². The highest BCUT2D eigenvalue weighted by atomic mass is 16.1. The number of carbonyl (C=O) groups excluding carboxylic acids is 1. The fraction of sp³-hybridized carbons (Fsp3) is 0.640. The molecule has 3 N–H and O–H groups in total. The van der Waals surface area contributed by atoms with Gasteiger partial charge in [-0.1, -0.05) is 33.3 Å². The number of rotatable bonds is 14. The van der Waals surface area contributed by atoms with Crippen LogP contribution in [0.4, 0.5) is 0 Å². The van der Waals surface area contributed by atoms with Crippen molar-refractivity contribution in [2.45, 2.75) is 84.8 Å². The van der Waals surface area contributed by atoms with Gasteiger partial charge in [0.25, 0.3) is 0 Å². The molecule has 0 aromatic carbocycles. The van der Waals surface area contributed by atoms with Crippen LogP contribution in [0.5, 0.6) is 0 Å². The number of allylic oxidation sites excluding steroid dienone is 5. The lowest BCUT2D eigenvalue weighted by Gasteiger charge is -2.23. The van der Waals surface area contributed by atoms with E-state index in [0.29, 0.717) is 19.0 Å². The van der Waals surface area contributed by atoms with E-state index < -0.39 is 0 Å². The van der Waals surface area contributed by atoms with Crippen LogP contribution in [-0.2, 0) is 4.79 Å². The lowest BCUT2D eigenvalue weighted by molar-refractivity contribution is -0.109. The maximum Gasteiger partial charge on any atom is 0.208 e. The van der Waals surface area contributed by atoms with Crippen LogP contribution < -0.4 is 16.0 Å². The molecule has 6 nitrogen and oxygen atoms in total. The molecule has 0 radical (unpaired) electrons. The lowest BCUT2D eigenvalue weighted by Crippen LogP contribution is -2.30.